The molecule has 0 aliphatic rings. The molecule has 2 heterocycles. The summed E-state index contributed by atoms with van der Waals surface area (Å²) in [5.74, 6) is 1.61. The molecule has 0 amide bonds. The van der Waals surface area contributed by atoms with Crippen molar-refractivity contribution in [2.24, 2.45) is 0 Å². The standard InChI is InChI=1S/C10H14N4S/c1-3-11-8-7-5-6-15-9(7)14-10(13-8)12-4-2/h5-6H,3-4H2,1-2H3,(H2,11,12,13,14). The fourth-order valence-electron chi connectivity index (χ4n) is 1.39. The van der Waals surface area contributed by atoms with Crippen molar-refractivity contribution < 1.29 is 0 Å². The smallest absolute Gasteiger partial charge is 0.226 e. The first-order valence-corrected chi connectivity index (χ1v) is 5.96. The van der Waals surface area contributed by atoms with E-state index in [9.17, 15) is 0 Å². The Morgan fingerprint density at radius 2 is 2.00 bits per heavy atom. The van der Waals surface area contributed by atoms with E-state index in [1.165, 1.54) is 0 Å². The van der Waals surface area contributed by atoms with Crippen LogP contribution >= 0.6 is 11.3 Å². The van der Waals surface area contributed by atoms with Crippen LogP contribution in [0.5, 0.6) is 0 Å². The molecule has 15 heavy (non-hydrogen) atoms. The third-order valence-electron chi connectivity index (χ3n) is 2.00. The Morgan fingerprint density at radius 1 is 1.20 bits per heavy atom. The highest BCUT2D eigenvalue weighted by Gasteiger charge is 2.06. The van der Waals surface area contributed by atoms with E-state index in [-0.39, 0.29) is 0 Å². The van der Waals surface area contributed by atoms with Gasteiger partial charge in [-0.3, -0.25) is 0 Å². The summed E-state index contributed by atoms with van der Waals surface area (Å²) in [6, 6.07) is 2.05. The van der Waals surface area contributed by atoms with E-state index in [1.807, 2.05) is 18.4 Å². The van der Waals surface area contributed by atoms with E-state index in [2.05, 4.69) is 27.5 Å². The number of nitrogens with zero attached hydrogens (tertiary/aromatic N) is 2. The van der Waals surface area contributed by atoms with Gasteiger partial charge in [-0.1, -0.05) is 0 Å². The highest BCUT2D eigenvalue weighted by atomic mass is 32.1. The first-order valence-electron chi connectivity index (χ1n) is 5.08. The fraction of sp³-hybridized carbons (Fsp3) is 0.400. The zero-order chi connectivity index (χ0) is 10.7. The van der Waals surface area contributed by atoms with Gasteiger partial charge >= 0.3 is 0 Å². The number of anilines is 2. The number of nitrogens with one attached hydrogen (secondary N) is 2. The number of hydrogen-bond donors (Lipinski definition) is 2. The Bertz CT molecular complexity index is 452. The number of fused-ring (bicyclic) bond motifs is 1. The molecule has 0 aromatic carbocycles. The van der Waals surface area contributed by atoms with Gasteiger partial charge in [0.25, 0.3) is 0 Å². The van der Waals surface area contributed by atoms with E-state index >= 15 is 0 Å². The minimum Gasteiger partial charge on any atom is -0.370 e. The van der Waals surface area contributed by atoms with Crippen LogP contribution in [-0.4, -0.2) is 23.1 Å². The molecule has 2 aromatic heterocycles. The maximum absolute atomic E-state index is 4.43. The van der Waals surface area contributed by atoms with Gasteiger partial charge in [0.1, 0.15) is 10.6 Å². The zero-order valence-electron chi connectivity index (χ0n) is 8.87. The second-order valence-electron chi connectivity index (χ2n) is 3.10. The van der Waals surface area contributed by atoms with E-state index < -0.39 is 0 Å². The summed E-state index contributed by atoms with van der Waals surface area (Å²) in [5.41, 5.74) is 0. The third kappa shape index (κ3) is 2.02. The summed E-state index contributed by atoms with van der Waals surface area (Å²) in [5, 5.41) is 9.52. The molecule has 0 aliphatic carbocycles. The summed E-state index contributed by atoms with van der Waals surface area (Å²) in [7, 11) is 0. The first kappa shape index (κ1) is 10.2. The van der Waals surface area contributed by atoms with E-state index in [4.69, 9.17) is 0 Å². The van der Waals surface area contributed by atoms with Crippen LogP contribution in [0.15, 0.2) is 11.4 Å². The second kappa shape index (κ2) is 4.44. The summed E-state index contributed by atoms with van der Waals surface area (Å²) in [6.07, 6.45) is 0. The molecule has 5 heteroatoms. The summed E-state index contributed by atoms with van der Waals surface area (Å²) in [4.78, 5) is 9.87. The molecule has 0 unspecified atom stereocenters. The van der Waals surface area contributed by atoms with Crippen molar-refractivity contribution in [3.8, 4) is 0 Å². The number of aromatic nitrogens is 2. The number of thiophene rings is 1. The Kier molecular flexibility index (Phi) is 3.01. The Hall–Kier alpha value is -1.36. The molecule has 0 radical (unpaired) electrons. The van der Waals surface area contributed by atoms with Crippen LogP contribution < -0.4 is 10.6 Å². The van der Waals surface area contributed by atoms with Crippen LogP contribution in [0.25, 0.3) is 10.2 Å². The normalized spacial score (nSPS) is 10.5. The molecule has 0 saturated heterocycles. The quantitative estimate of drug-likeness (QED) is 0.834. The lowest BCUT2D eigenvalue weighted by atomic mass is 10.4. The summed E-state index contributed by atoms with van der Waals surface area (Å²) < 4.78 is 0. The maximum Gasteiger partial charge on any atom is 0.226 e. The second-order valence-corrected chi connectivity index (χ2v) is 3.99. The lowest BCUT2D eigenvalue weighted by Gasteiger charge is -2.07. The van der Waals surface area contributed by atoms with Crippen molar-refractivity contribution in [1.82, 2.24) is 9.97 Å². The lowest BCUT2D eigenvalue weighted by molar-refractivity contribution is 1.09. The van der Waals surface area contributed by atoms with Crippen molar-refractivity contribution in [1.29, 1.82) is 0 Å². The van der Waals surface area contributed by atoms with Gasteiger partial charge in [-0.25, -0.2) is 4.98 Å². The highest BCUT2D eigenvalue weighted by Crippen LogP contribution is 2.26. The third-order valence-corrected chi connectivity index (χ3v) is 2.81. The van der Waals surface area contributed by atoms with Gasteiger partial charge in [0.2, 0.25) is 5.95 Å². The average Bonchev–Trinajstić information content (AvgIpc) is 2.67. The van der Waals surface area contributed by atoms with E-state index in [0.717, 1.165) is 29.1 Å². The topological polar surface area (TPSA) is 49.8 Å². The lowest BCUT2D eigenvalue weighted by Crippen LogP contribution is -2.06. The van der Waals surface area contributed by atoms with Crippen molar-refractivity contribution in [3.63, 3.8) is 0 Å². The first-order chi connectivity index (χ1) is 7.35. The van der Waals surface area contributed by atoms with Crippen molar-refractivity contribution in [2.75, 3.05) is 23.7 Å². The van der Waals surface area contributed by atoms with Crippen molar-refractivity contribution in [3.05, 3.63) is 11.4 Å². The molecule has 0 spiro atoms. The van der Waals surface area contributed by atoms with Gasteiger partial charge in [-0.2, -0.15) is 4.98 Å². The molecule has 0 aliphatic heterocycles. The van der Waals surface area contributed by atoms with Gasteiger partial charge < -0.3 is 10.6 Å². The maximum atomic E-state index is 4.43. The molecule has 2 aromatic rings. The number of hydrogen-bond acceptors (Lipinski definition) is 5. The molecule has 0 atom stereocenters. The molecule has 0 bridgehead atoms. The van der Waals surface area contributed by atoms with Gasteiger partial charge in [0, 0.05) is 13.1 Å². The predicted molar refractivity (Wildman–Crippen MR) is 65.7 cm³/mol. The number of rotatable bonds is 4. The van der Waals surface area contributed by atoms with Crippen LogP contribution in [0, 0.1) is 0 Å². The Morgan fingerprint density at radius 3 is 2.73 bits per heavy atom. The molecular weight excluding hydrogens is 208 g/mol. The van der Waals surface area contributed by atoms with E-state index in [1.54, 1.807) is 11.3 Å². The summed E-state index contributed by atoms with van der Waals surface area (Å²) in [6.45, 7) is 5.80. The Labute approximate surface area is 92.8 Å². The van der Waals surface area contributed by atoms with Crippen LogP contribution in [0.3, 0.4) is 0 Å². The van der Waals surface area contributed by atoms with Crippen molar-refractivity contribution in [2.45, 2.75) is 13.8 Å². The van der Waals surface area contributed by atoms with Crippen molar-refractivity contribution >= 4 is 33.3 Å². The van der Waals surface area contributed by atoms with Gasteiger partial charge in [0.05, 0.1) is 5.39 Å². The molecule has 2 rings (SSSR count). The van der Waals surface area contributed by atoms with Crippen LogP contribution in [0.4, 0.5) is 11.8 Å². The molecular formula is C10H14N4S. The van der Waals surface area contributed by atoms with E-state index in [0.29, 0.717) is 5.95 Å². The predicted octanol–water partition coefficient (Wildman–Crippen LogP) is 2.55. The monoisotopic (exact) mass is 222 g/mol. The molecule has 4 nitrogen and oxygen atoms in total. The largest absolute Gasteiger partial charge is 0.370 e. The average molecular weight is 222 g/mol. The van der Waals surface area contributed by atoms with Crippen LogP contribution in [0.1, 0.15) is 13.8 Å². The van der Waals surface area contributed by atoms with Gasteiger partial charge in [-0.05, 0) is 25.3 Å². The minimum atomic E-state index is 0.698. The zero-order valence-corrected chi connectivity index (χ0v) is 9.69. The van der Waals surface area contributed by atoms with Gasteiger partial charge in [0.15, 0.2) is 0 Å². The molecule has 2 N–H and O–H groups in total. The summed E-state index contributed by atoms with van der Waals surface area (Å²) >= 11 is 1.64. The Balaban J connectivity index is 2.48. The highest BCUT2D eigenvalue weighted by molar-refractivity contribution is 7.16. The SMILES string of the molecule is CCNc1nc(NCC)c2ccsc2n1. The fourth-order valence-corrected chi connectivity index (χ4v) is 2.16. The van der Waals surface area contributed by atoms with Gasteiger partial charge in [-0.15, -0.1) is 11.3 Å². The van der Waals surface area contributed by atoms with Crippen LogP contribution in [0.2, 0.25) is 0 Å². The van der Waals surface area contributed by atoms with Crippen LogP contribution in [-0.2, 0) is 0 Å². The molecule has 0 saturated carbocycles. The molecule has 80 valence electrons. The minimum absolute atomic E-state index is 0.698. The molecule has 0 fully saturated rings.